The Morgan fingerprint density at radius 2 is 2.10 bits per heavy atom. The summed E-state index contributed by atoms with van der Waals surface area (Å²) in [5, 5.41) is 8.56. The van der Waals surface area contributed by atoms with Gasteiger partial charge in [0, 0.05) is 13.2 Å². The second-order valence-electron chi connectivity index (χ2n) is 3.81. The first-order valence-electron chi connectivity index (χ1n) is 5.32. The largest absolute Gasteiger partial charge is 0.482 e. The molecule has 0 aliphatic rings. The first kappa shape index (κ1) is 15.7. The van der Waals surface area contributed by atoms with Gasteiger partial charge in [-0.15, -0.1) is 0 Å². The molecule has 1 rings (SSSR count). The number of aromatic nitrogens is 1. The summed E-state index contributed by atoms with van der Waals surface area (Å²) in [4.78, 5) is 26.8. The van der Waals surface area contributed by atoms with E-state index in [1.807, 2.05) is 0 Å². The van der Waals surface area contributed by atoms with Gasteiger partial charge in [-0.1, -0.05) is 0 Å². The normalized spacial score (nSPS) is 11.0. The maximum Gasteiger partial charge on any atom is 0.422 e. The number of likely N-dealkylation sites (N-methyl/N-ethyl adjacent to an activating group) is 1. The summed E-state index contributed by atoms with van der Waals surface area (Å²) in [6.45, 7) is -2.17. The van der Waals surface area contributed by atoms with Crippen LogP contribution in [0.1, 0.15) is 10.5 Å². The van der Waals surface area contributed by atoms with E-state index >= 15 is 0 Å². The van der Waals surface area contributed by atoms with Gasteiger partial charge in [0.05, 0.1) is 0 Å². The van der Waals surface area contributed by atoms with E-state index in [1.54, 1.807) is 0 Å². The van der Waals surface area contributed by atoms with Crippen molar-refractivity contribution in [3.05, 3.63) is 24.0 Å². The summed E-state index contributed by atoms with van der Waals surface area (Å²) in [5.74, 6) is -2.45. The van der Waals surface area contributed by atoms with Crippen molar-refractivity contribution < 1.29 is 32.6 Å². The van der Waals surface area contributed by atoms with Gasteiger partial charge >= 0.3 is 12.1 Å². The molecule has 1 aromatic rings. The van der Waals surface area contributed by atoms with Crippen LogP contribution in [-0.2, 0) is 4.79 Å². The fraction of sp³-hybridized carbons (Fsp3) is 0.364. The third-order valence-electron chi connectivity index (χ3n) is 2.08. The van der Waals surface area contributed by atoms with Gasteiger partial charge in [0.2, 0.25) is 0 Å². The number of rotatable bonds is 5. The van der Waals surface area contributed by atoms with Crippen molar-refractivity contribution in [2.45, 2.75) is 6.18 Å². The summed E-state index contributed by atoms with van der Waals surface area (Å²) >= 11 is 0. The van der Waals surface area contributed by atoms with E-state index in [0.717, 1.165) is 11.0 Å². The van der Waals surface area contributed by atoms with Crippen LogP contribution in [0.4, 0.5) is 13.2 Å². The van der Waals surface area contributed by atoms with Crippen molar-refractivity contribution >= 4 is 11.9 Å². The smallest absolute Gasteiger partial charge is 0.422 e. The van der Waals surface area contributed by atoms with Gasteiger partial charge in [-0.05, 0) is 12.1 Å². The van der Waals surface area contributed by atoms with Gasteiger partial charge < -0.3 is 14.7 Å². The molecular formula is C11H11F3N2O4. The first-order valence-corrected chi connectivity index (χ1v) is 5.32. The lowest BCUT2D eigenvalue weighted by atomic mass is 10.3. The molecule has 1 N–H and O–H groups in total. The molecule has 6 nitrogen and oxygen atoms in total. The number of carboxylic acid groups (broad SMARTS) is 1. The molecule has 0 fully saturated rings. The van der Waals surface area contributed by atoms with Crippen LogP contribution in [0.2, 0.25) is 0 Å². The van der Waals surface area contributed by atoms with Crippen LogP contribution in [0.25, 0.3) is 0 Å². The topological polar surface area (TPSA) is 79.7 Å². The van der Waals surface area contributed by atoms with Crippen LogP contribution >= 0.6 is 0 Å². The van der Waals surface area contributed by atoms with Crippen LogP contribution in [0.3, 0.4) is 0 Å². The number of hydrogen-bond acceptors (Lipinski definition) is 4. The molecular weight excluding hydrogens is 281 g/mol. The van der Waals surface area contributed by atoms with Gasteiger partial charge in [-0.3, -0.25) is 9.59 Å². The molecule has 0 spiro atoms. The van der Waals surface area contributed by atoms with Crippen LogP contribution < -0.4 is 4.74 Å². The van der Waals surface area contributed by atoms with E-state index in [1.165, 1.54) is 19.3 Å². The number of ether oxygens (including phenoxy) is 1. The quantitative estimate of drug-likeness (QED) is 0.881. The lowest BCUT2D eigenvalue weighted by Gasteiger charge is -2.16. The van der Waals surface area contributed by atoms with Gasteiger partial charge in [0.1, 0.15) is 6.54 Å². The Bertz CT molecular complexity index is 505. The summed E-state index contributed by atoms with van der Waals surface area (Å²) < 4.78 is 40.8. The number of alkyl halides is 3. The van der Waals surface area contributed by atoms with E-state index < -0.39 is 31.2 Å². The van der Waals surface area contributed by atoms with Crippen LogP contribution in [0, 0.1) is 0 Å². The highest BCUT2D eigenvalue weighted by molar-refractivity contribution is 5.96. The highest BCUT2D eigenvalue weighted by Crippen LogP contribution is 2.21. The fourth-order valence-corrected chi connectivity index (χ4v) is 1.28. The Morgan fingerprint density at radius 1 is 1.45 bits per heavy atom. The molecule has 9 heteroatoms. The fourth-order valence-electron chi connectivity index (χ4n) is 1.28. The van der Waals surface area contributed by atoms with Crippen molar-refractivity contribution in [1.29, 1.82) is 0 Å². The number of amides is 1. The Hall–Kier alpha value is -2.32. The number of aliphatic carboxylic acids is 1. The van der Waals surface area contributed by atoms with E-state index in [9.17, 15) is 22.8 Å². The molecule has 1 amide bonds. The van der Waals surface area contributed by atoms with E-state index in [-0.39, 0.29) is 11.4 Å². The number of halogens is 3. The van der Waals surface area contributed by atoms with Gasteiger partial charge in [-0.25, -0.2) is 4.98 Å². The zero-order valence-electron chi connectivity index (χ0n) is 10.3. The molecule has 0 saturated carbocycles. The second kappa shape index (κ2) is 6.22. The molecule has 0 radical (unpaired) electrons. The lowest BCUT2D eigenvalue weighted by Crippen LogP contribution is -2.33. The Labute approximate surface area is 111 Å². The molecule has 0 unspecified atom stereocenters. The number of pyridine rings is 1. The number of hydrogen-bond donors (Lipinski definition) is 1. The number of carboxylic acids is 1. The molecule has 0 aromatic carbocycles. The molecule has 0 atom stereocenters. The minimum Gasteiger partial charge on any atom is -0.482 e. The van der Waals surface area contributed by atoms with E-state index in [2.05, 4.69) is 9.72 Å². The van der Waals surface area contributed by atoms with Gasteiger partial charge in [0.15, 0.2) is 18.1 Å². The van der Waals surface area contributed by atoms with E-state index in [0.29, 0.717) is 0 Å². The predicted octanol–water partition coefficient (Wildman–Crippen LogP) is 1.18. The zero-order chi connectivity index (χ0) is 15.3. The summed E-state index contributed by atoms with van der Waals surface area (Å²) in [6.07, 6.45) is -3.36. The van der Waals surface area contributed by atoms with E-state index in [4.69, 9.17) is 5.11 Å². The Balaban J connectivity index is 2.89. The highest BCUT2D eigenvalue weighted by atomic mass is 19.4. The van der Waals surface area contributed by atoms with Crippen LogP contribution in [-0.4, -0.2) is 53.2 Å². The second-order valence-corrected chi connectivity index (χ2v) is 3.81. The molecule has 1 aromatic heterocycles. The van der Waals surface area contributed by atoms with Crippen molar-refractivity contribution in [2.24, 2.45) is 0 Å². The molecule has 20 heavy (non-hydrogen) atoms. The predicted molar refractivity (Wildman–Crippen MR) is 60.4 cm³/mol. The molecule has 0 aliphatic carbocycles. The summed E-state index contributed by atoms with van der Waals surface area (Å²) in [5.41, 5.74) is -0.375. The average molecular weight is 292 g/mol. The zero-order valence-corrected chi connectivity index (χ0v) is 10.3. The molecule has 110 valence electrons. The minimum absolute atomic E-state index is 0.355. The van der Waals surface area contributed by atoms with Gasteiger partial charge in [-0.2, -0.15) is 13.2 Å². The molecule has 0 saturated heterocycles. The summed E-state index contributed by atoms with van der Waals surface area (Å²) in [6, 6.07) is 2.46. The molecule has 1 heterocycles. The Kier molecular flexibility index (Phi) is 4.89. The van der Waals surface area contributed by atoms with Crippen molar-refractivity contribution in [3.8, 4) is 5.75 Å². The van der Waals surface area contributed by atoms with Crippen LogP contribution in [0.15, 0.2) is 18.3 Å². The first-order chi connectivity index (χ1) is 9.20. The number of nitrogens with zero attached hydrogens (tertiary/aromatic N) is 2. The maximum atomic E-state index is 12.1. The average Bonchev–Trinajstić information content (AvgIpc) is 2.34. The number of carbonyl (C=O) groups excluding carboxylic acids is 1. The lowest BCUT2D eigenvalue weighted by molar-refractivity contribution is -0.153. The monoisotopic (exact) mass is 292 g/mol. The Morgan fingerprint density at radius 3 is 2.65 bits per heavy atom. The standard InChI is InChI=1S/C11H11F3N2O4/c1-16(5-8(17)18)10(19)9-7(3-2-4-15-9)20-6-11(12,13)14/h2-4H,5-6H2,1H3,(H,17,18). The summed E-state index contributed by atoms with van der Waals surface area (Å²) in [7, 11) is 1.19. The van der Waals surface area contributed by atoms with Gasteiger partial charge in [0.25, 0.3) is 5.91 Å². The maximum absolute atomic E-state index is 12.1. The third-order valence-corrected chi connectivity index (χ3v) is 2.08. The van der Waals surface area contributed by atoms with Crippen molar-refractivity contribution in [3.63, 3.8) is 0 Å². The highest BCUT2D eigenvalue weighted by Gasteiger charge is 2.30. The van der Waals surface area contributed by atoms with Crippen LogP contribution in [0.5, 0.6) is 5.75 Å². The minimum atomic E-state index is -4.55. The SMILES string of the molecule is CN(CC(=O)O)C(=O)c1ncccc1OCC(F)(F)F. The molecule has 0 bridgehead atoms. The molecule has 0 aliphatic heterocycles. The third kappa shape index (κ3) is 4.75. The number of carbonyl (C=O) groups is 2. The van der Waals surface area contributed by atoms with Crippen molar-refractivity contribution in [1.82, 2.24) is 9.88 Å². The van der Waals surface area contributed by atoms with Crippen molar-refractivity contribution in [2.75, 3.05) is 20.2 Å².